The Morgan fingerprint density at radius 2 is 1.91 bits per heavy atom. The predicted octanol–water partition coefficient (Wildman–Crippen LogP) is 2.33. The highest BCUT2D eigenvalue weighted by atomic mass is 35.5. The van der Waals surface area contributed by atoms with Crippen molar-refractivity contribution in [3.63, 3.8) is 0 Å². The maximum atomic E-state index is 12.0. The minimum atomic E-state index is -0.965. The fourth-order valence-corrected chi connectivity index (χ4v) is 3.28. The molecule has 1 aliphatic heterocycles. The Morgan fingerprint density at radius 1 is 1.23 bits per heavy atom. The summed E-state index contributed by atoms with van der Waals surface area (Å²) in [6, 6.07) is 5.86. The fraction of sp³-hybridized carbons (Fsp3) is 0.400. The van der Waals surface area contributed by atoms with E-state index in [0.717, 1.165) is 0 Å². The summed E-state index contributed by atoms with van der Waals surface area (Å²) in [6.07, 6.45) is 1.20. The molecule has 118 valence electrons. The second kappa shape index (κ2) is 7.65. The third-order valence-corrected chi connectivity index (χ3v) is 4.65. The number of hydrogen-bond acceptors (Lipinski definition) is 4. The summed E-state index contributed by atoms with van der Waals surface area (Å²) >= 11 is 6.96. The number of carbonyl (C=O) groups excluding carboxylic acids is 2. The molecule has 2 rings (SSSR count). The lowest BCUT2D eigenvalue weighted by molar-refractivity contribution is -0.147. The largest absolute Gasteiger partial charge is 0.480 e. The number of carbonyl (C=O) groups is 3. The van der Waals surface area contributed by atoms with Crippen molar-refractivity contribution < 1.29 is 19.5 Å². The van der Waals surface area contributed by atoms with Crippen molar-refractivity contribution in [1.82, 2.24) is 4.90 Å². The number of aliphatic carboxylic acids is 1. The molecule has 5 nitrogen and oxygen atoms in total. The van der Waals surface area contributed by atoms with Gasteiger partial charge < -0.3 is 10.0 Å². The number of benzene rings is 1. The van der Waals surface area contributed by atoms with Crippen molar-refractivity contribution in [2.75, 3.05) is 18.1 Å². The van der Waals surface area contributed by atoms with Gasteiger partial charge in [0.05, 0.1) is 11.5 Å². The van der Waals surface area contributed by atoms with Crippen LogP contribution in [0.1, 0.15) is 23.2 Å². The molecule has 0 radical (unpaired) electrons. The standard InChI is InChI=1S/C15H16ClNO4S/c16-11-5-3-10(4-6-11)13(18)8-22-9-14(19)17-7-1-2-12(17)15(20)21/h3-6,12H,1-2,7-9H2,(H,20,21). The van der Waals surface area contributed by atoms with Gasteiger partial charge in [0.15, 0.2) is 5.78 Å². The van der Waals surface area contributed by atoms with Crippen molar-refractivity contribution in [2.24, 2.45) is 0 Å². The maximum Gasteiger partial charge on any atom is 0.326 e. The van der Waals surface area contributed by atoms with E-state index in [0.29, 0.717) is 30.0 Å². The number of ketones is 1. The summed E-state index contributed by atoms with van der Waals surface area (Å²) in [6.45, 7) is 0.474. The molecular weight excluding hydrogens is 326 g/mol. The molecule has 1 aromatic rings. The Kier molecular flexibility index (Phi) is 5.85. The lowest BCUT2D eigenvalue weighted by atomic mass is 10.1. The molecule has 1 aliphatic rings. The smallest absolute Gasteiger partial charge is 0.326 e. The fourth-order valence-electron chi connectivity index (χ4n) is 2.36. The molecule has 1 unspecified atom stereocenters. The third kappa shape index (κ3) is 4.24. The number of rotatable bonds is 6. The van der Waals surface area contributed by atoms with Crippen LogP contribution in [0, 0.1) is 0 Å². The number of Topliss-reactive ketones (excluding diaryl/α,β-unsaturated/α-hetero) is 1. The van der Waals surface area contributed by atoms with Crippen LogP contribution < -0.4 is 0 Å². The van der Waals surface area contributed by atoms with E-state index in [2.05, 4.69) is 0 Å². The highest BCUT2D eigenvalue weighted by Gasteiger charge is 2.33. The van der Waals surface area contributed by atoms with Crippen molar-refractivity contribution in [1.29, 1.82) is 0 Å². The number of halogens is 1. The molecule has 22 heavy (non-hydrogen) atoms. The molecule has 1 aromatic carbocycles. The summed E-state index contributed by atoms with van der Waals surface area (Å²) in [4.78, 5) is 36.4. The average Bonchev–Trinajstić information content (AvgIpc) is 2.97. The van der Waals surface area contributed by atoms with Crippen LogP contribution in [0.25, 0.3) is 0 Å². The van der Waals surface area contributed by atoms with Gasteiger partial charge in [-0.15, -0.1) is 11.8 Å². The van der Waals surface area contributed by atoms with Gasteiger partial charge in [-0.3, -0.25) is 9.59 Å². The second-order valence-corrected chi connectivity index (χ2v) is 6.43. The first-order valence-corrected chi connectivity index (χ1v) is 8.41. The summed E-state index contributed by atoms with van der Waals surface area (Å²) in [5, 5.41) is 9.61. The van der Waals surface area contributed by atoms with Gasteiger partial charge >= 0.3 is 5.97 Å². The molecule has 1 N–H and O–H groups in total. The molecule has 0 aliphatic carbocycles. The molecule has 1 saturated heterocycles. The molecule has 0 bridgehead atoms. The van der Waals surface area contributed by atoms with Crippen molar-refractivity contribution in [2.45, 2.75) is 18.9 Å². The van der Waals surface area contributed by atoms with Gasteiger partial charge in [0.25, 0.3) is 0 Å². The molecule has 1 amide bonds. The molecule has 1 heterocycles. The third-order valence-electron chi connectivity index (χ3n) is 3.48. The highest BCUT2D eigenvalue weighted by Crippen LogP contribution is 2.19. The van der Waals surface area contributed by atoms with Crippen molar-refractivity contribution in [3.05, 3.63) is 34.9 Å². The van der Waals surface area contributed by atoms with Crippen LogP contribution >= 0.6 is 23.4 Å². The summed E-state index contributed by atoms with van der Waals surface area (Å²) in [5.41, 5.74) is 0.550. The molecule has 1 atom stereocenters. The number of carboxylic acids is 1. The topological polar surface area (TPSA) is 74.7 Å². The first-order chi connectivity index (χ1) is 10.5. The zero-order valence-corrected chi connectivity index (χ0v) is 13.4. The van der Waals surface area contributed by atoms with E-state index < -0.39 is 12.0 Å². The number of likely N-dealkylation sites (tertiary alicyclic amines) is 1. The molecule has 1 fully saturated rings. The Labute approximate surface area is 137 Å². The number of thioether (sulfide) groups is 1. The van der Waals surface area contributed by atoms with Gasteiger partial charge in [0.1, 0.15) is 6.04 Å². The van der Waals surface area contributed by atoms with Gasteiger partial charge in [-0.05, 0) is 37.1 Å². The van der Waals surface area contributed by atoms with E-state index in [9.17, 15) is 14.4 Å². The molecule has 0 aromatic heterocycles. The van der Waals surface area contributed by atoms with Crippen LogP contribution in [-0.2, 0) is 9.59 Å². The van der Waals surface area contributed by atoms with E-state index in [4.69, 9.17) is 16.7 Å². The Hall–Kier alpha value is -1.53. The molecular formula is C15H16ClNO4S. The zero-order chi connectivity index (χ0) is 16.1. The molecule has 7 heteroatoms. The Bertz CT molecular complexity index is 575. The molecule has 0 spiro atoms. The minimum absolute atomic E-state index is 0.0781. The number of hydrogen-bond donors (Lipinski definition) is 1. The Morgan fingerprint density at radius 3 is 2.55 bits per heavy atom. The first kappa shape index (κ1) is 16.8. The van der Waals surface area contributed by atoms with Gasteiger partial charge in [0, 0.05) is 17.1 Å². The zero-order valence-electron chi connectivity index (χ0n) is 11.8. The maximum absolute atomic E-state index is 12.0. The lowest BCUT2D eigenvalue weighted by Gasteiger charge is -2.21. The van der Waals surface area contributed by atoms with Crippen LogP contribution in [-0.4, -0.2) is 51.8 Å². The summed E-state index contributed by atoms with van der Waals surface area (Å²) in [7, 11) is 0. The number of nitrogens with zero attached hydrogens (tertiary/aromatic N) is 1. The minimum Gasteiger partial charge on any atom is -0.480 e. The number of amides is 1. The van der Waals surface area contributed by atoms with Crippen LogP contribution in [0.15, 0.2) is 24.3 Å². The predicted molar refractivity (Wildman–Crippen MR) is 85.5 cm³/mol. The van der Waals surface area contributed by atoms with E-state index in [1.54, 1.807) is 24.3 Å². The number of carboxylic acid groups (broad SMARTS) is 1. The normalized spacial score (nSPS) is 17.5. The lowest BCUT2D eigenvalue weighted by Crippen LogP contribution is -2.41. The van der Waals surface area contributed by atoms with Crippen LogP contribution in [0.4, 0.5) is 0 Å². The van der Waals surface area contributed by atoms with E-state index in [-0.39, 0.29) is 23.2 Å². The van der Waals surface area contributed by atoms with E-state index in [1.807, 2.05) is 0 Å². The SMILES string of the molecule is O=C(CSCC(=O)N1CCCC1C(=O)O)c1ccc(Cl)cc1. The summed E-state index contributed by atoms with van der Waals surface area (Å²) < 4.78 is 0. The Balaban J connectivity index is 1.80. The summed E-state index contributed by atoms with van der Waals surface area (Å²) in [5.74, 6) is -0.972. The van der Waals surface area contributed by atoms with Gasteiger partial charge in [-0.25, -0.2) is 4.79 Å². The van der Waals surface area contributed by atoms with Gasteiger partial charge in [0.2, 0.25) is 5.91 Å². The first-order valence-electron chi connectivity index (χ1n) is 6.88. The van der Waals surface area contributed by atoms with E-state index >= 15 is 0 Å². The van der Waals surface area contributed by atoms with Crippen LogP contribution in [0.3, 0.4) is 0 Å². The van der Waals surface area contributed by atoms with Crippen molar-refractivity contribution >= 4 is 41.0 Å². The quantitative estimate of drug-likeness (QED) is 0.804. The second-order valence-electron chi connectivity index (χ2n) is 5.01. The monoisotopic (exact) mass is 341 g/mol. The molecule has 0 saturated carbocycles. The highest BCUT2D eigenvalue weighted by molar-refractivity contribution is 8.00. The van der Waals surface area contributed by atoms with Crippen LogP contribution in [0.5, 0.6) is 0 Å². The van der Waals surface area contributed by atoms with E-state index in [1.165, 1.54) is 16.7 Å². The van der Waals surface area contributed by atoms with Crippen molar-refractivity contribution in [3.8, 4) is 0 Å². The average molecular weight is 342 g/mol. The van der Waals surface area contributed by atoms with Gasteiger partial charge in [-0.1, -0.05) is 11.6 Å². The van der Waals surface area contributed by atoms with Crippen LogP contribution in [0.2, 0.25) is 5.02 Å². The van der Waals surface area contributed by atoms with Gasteiger partial charge in [-0.2, -0.15) is 0 Å².